The molecule has 7 nitrogen and oxygen atoms in total. The van der Waals surface area contributed by atoms with E-state index >= 15 is 0 Å². The highest BCUT2D eigenvalue weighted by Crippen LogP contribution is 2.18. The monoisotopic (exact) mass is 289 g/mol. The zero-order chi connectivity index (χ0) is 15.1. The number of ether oxygens (including phenoxy) is 1. The van der Waals surface area contributed by atoms with Crippen molar-refractivity contribution in [3.8, 4) is 5.75 Å². The molecule has 1 fully saturated rings. The zero-order valence-corrected chi connectivity index (χ0v) is 11.7. The highest BCUT2D eigenvalue weighted by Gasteiger charge is 2.16. The molecule has 0 aromatic heterocycles. The Hall–Kier alpha value is -2.44. The van der Waals surface area contributed by atoms with Gasteiger partial charge in [-0.2, -0.15) is 0 Å². The minimum Gasteiger partial charge on any atom is -0.410 e. The second kappa shape index (κ2) is 7.37. The van der Waals surface area contributed by atoms with Gasteiger partial charge in [-0.1, -0.05) is 36.6 Å². The van der Waals surface area contributed by atoms with Crippen LogP contribution in [0.4, 0.5) is 4.79 Å². The van der Waals surface area contributed by atoms with Crippen LogP contribution in [0.1, 0.15) is 37.7 Å². The summed E-state index contributed by atoms with van der Waals surface area (Å²) in [4.78, 5) is 11.8. The zero-order valence-electron chi connectivity index (χ0n) is 11.7. The number of rotatable bonds is 3. The molecule has 0 bridgehead atoms. The molecule has 1 amide bonds. The molecular formula is C14H19N5O2. The molecule has 0 radical (unpaired) electrons. The third-order valence-electron chi connectivity index (χ3n) is 3.40. The van der Waals surface area contributed by atoms with Crippen LogP contribution in [0.5, 0.6) is 5.75 Å². The fourth-order valence-corrected chi connectivity index (χ4v) is 2.37. The lowest BCUT2D eigenvalue weighted by Crippen LogP contribution is -2.38. The summed E-state index contributed by atoms with van der Waals surface area (Å²) in [5.74, 6) is 5.18. The summed E-state index contributed by atoms with van der Waals surface area (Å²) >= 11 is 0. The van der Waals surface area contributed by atoms with Gasteiger partial charge in [-0.05, 0) is 25.0 Å². The molecule has 7 heteroatoms. The summed E-state index contributed by atoms with van der Waals surface area (Å²) < 4.78 is 5.24. The van der Waals surface area contributed by atoms with Gasteiger partial charge in [-0.3, -0.25) is 5.41 Å². The molecule has 1 aliphatic rings. The van der Waals surface area contributed by atoms with Crippen molar-refractivity contribution in [3.63, 3.8) is 0 Å². The van der Waals surface area contributed by atoms with E-state index in [1.54, 1.807) is 24.3 Å². The quantitative estimate of drug-likeness (QED) is 0.261. The van der Waals surface area contributed by atoms with E-state index in [1.165, 1.54) is 6.42 Å². The molecule has 0 heterocycles. The highest BCUT2D eigenvalue weighted by atomic mass is 16.6. The first-order valence-electron chi connectivity index (χ1n) is 6.97. The molecule has 0 atom stereocenters. The normalized spacial score (nSPS) is 15.8. The summed E-state index contributed by atoms with van der Waals surface area (Å²) in [5, 5.41) is 17.0. The lowest BCUT2D eigenvalue weighted by Gasteiger charge is -2.22. The average molecular weight is 289 g/mol. The molecule has 21 heavy (non-hydrogen) atoms. The fourth-order valence-electron chi connectivity index (χ4n) is 2.37. The van der Waals surface area contributed by atoms with E-state index in [0.717, 1.165) is 25.7 Å². The molecule has 1 aromatic rings. The standard InChI is InChI=1S/C14H19N5O2/c15-13(18-19-16)10-5-4-8-12(9-10)21-14(20)17-11-6-2-1-3-7-11/h4-5,8-9,11H,1-3,6-7H2,(H,17,20)(H3,15,16,18). The average Bonchev–Trinajstić information content (AvgIpc) is 2.48. The predicted octanol–water partition coefficient (Wildman–Crippen LogP) is 2.76. The molecule has 4 N–H and O–H groups in total. The van der Waals surface area contributed by atoms with Gasteiger partial charge >= 0.3 is 6.09 Å². The molecule has 0 unspecified atom stereocenters. The van der Waals surface area contributed by atoms with Crippen molar-refractivity contribution in [3.05, 3.63) is 29.8 Å². The van der Waals surface area contributed by atoms with Crippen LogP contribution < -0.4 is 15.9 Å². The number of hydrogen-bond acceptors (Lipinski definition) is 4. The van der Waals surface area contributed by atoms with Gasteiger partial charge in [0.2, 0.25) is 0 Å². The van der Waals surface area contributed by atoms with E-state index in [1.807, 2.05) is 0 Å². The fraction of sp³-hybridized carbons (Fsp3) is 0.429. The first-order chi connectivity index (χ1) is 10.2. The predicted molar refractivity (Wildman–Crippen MR) is 78.3 cm³/mol. The maximum atomic E-state index is 11.8. The van der Waals surface area contributed by atoms with Crippen LogP contribution in [-0.2, 0) is 0 Å². The molecular weight excluding hydrogens is 270 g/mol. The topological polar surface area (TPSA) is 113 Å². The van der Waals surface area contributed by atoms with E-state index in [-0.39, 0.29) is 11.9 Å². The summed E-state index contributed by atoms with van der Waals surface area (Å²) in [7, 11) is 0. The first kappa shape index (κ1) is 15.0. The van der Waals surface area contributed by atoms with Gasteiger partial charge in [-0.25, -0.2) is 4.79 Å². The van der Waals surface area contributed by atoms with Gasteiger partial charge in [0.05, 0.1) is 0 Å². The molecule has 0 saturated heterocycles. The first-order valence-corrected chi connectivity index (χ1v) is 6.97. The van der Waals surface area contributed by atoms with Gasteiger partial charge in [0.1, 0.15) is 5.75 Å². The Labute approximate surface area is 123 Å². The van der Waals surface area contributed by atoms with E-state index in [4.69, 9.17) is 16.0 Å². The second-order valence-corrected chi connectivity index (χ2v) is 4.96. The Morgan fingerprint density at radius 1 is 1.33 bits per heavy atom. The Bertz CT molecular complexity index is 538. The van der Waals surface area contributed by atoms with Gasteiger partial charge in [-0.15, -0.1) is 5.11 Å². The summed E-state index contributed by atoms with van der Waals surface area (Å²) in [6.45, 7) is 0. The molecule has 2 rings (SSSR count). The van der Waals surface area contributed by atoms with E-state index < -0.39 is 6.09 Å². The third kappa shape index (κ3) is 4.55. The largest absolute Gasteiger partial charge is 0.412 e. The van der Waals surface area contributed by atoms with Gasteiger partial charge in [0.25, 0.3) is 0 Å². The molecule has 1 saturated carbocycles. The van der Waals surface area contributed by atoms with Gasteiger partial charge in [0.15, 0.2) is 5.84 Å². The van der Waals surface area contributed by atoms with Crippen LogP contribution in [-0.4, -0.2) is 18.0 Å². The molecule has 1 aromatic carbocycles. The van der Waals surface area contributed by atoms with Crippen LogP contribution in [0.15, 0.2) is 34.6 Å². The number of hydrogen-bond donors (Lipinski definition) is 3. The van der Waals surface area contributed by atoms with Crippen molar-refractivity contribution in [1.82, 2.24) is 5.32 Å². The lowest BCUT2D eigenvalue weighted by atomic mass is 9.96. The summed E-state index contributed by atoms with van der Waals surface area (Å²) in [6.07, 6.45) is 5.04. The Morgan fingerprint density at radius 2 is 2.10 bits per heavy atom. The highest BCUT2D eigenvalue weighted by molar-refractivity contribution is 5.97. The lowest BCUT2D eigenvalue weighted by molar-refractivity contribution is 0.192. The number of nitrogens with zero attached hydrogens (tertiary/aromatic N) is 2. The molecule has 0 aliphatic heterocycles. The van der Waals surface area contributed by atoms with Crippen LogP contribution in [0.25, 0.3) is 0 Å². The van der Waals surface area contributed by atoms with Crippen LogP contribution in [0.2, 0.25) is 0 Å². The Kier molecular flexibility index (Phi) is 5.25. The van der Waals surface area contributed by atoms with Crippen LogP contribution in [0, 0.1) is 5.41 Å². The van der Waals surface area contributed by atoms with Gasteiger partial charge in [0, 0.05) is 11.6 Å². The number of benzene rings is 1. The number of amidine groups is 1. The Morgan fingerprint density at radius 3 is 2.81 bits per heavy atom. The SMILES string of the molecule is N=C(N=NN)c1cccc(OC(=O)NC2CCCCC2)c1. The molecule has 0 spiro atoms. The minimum absolute atomic E-state index is 0.0874. The summed E-state index contributed by atoms with van der Waals surface area (Å²) in [6, 6.07) is 6.75. The number of carbonyl (C=O) groups excluding carboxylic acids is 1. The van der Waals surface area contributed by atoms with Crippen molar-refractivity contribution in [1.29, 1.82) is 5.41 Å². The smallest absolute Gasteiger partial charge is 0.410 e. The number of nitrogens with two attached hydrogens (primary N) is 1. The molecule has 1 aliphatic carbocycles. The number of nitrogens with one attached hydrogen (secondary N) is 2. The van der Waals surface area contributed by atoms with Gasteiger partial charge < -0.3 is 15.9 Å². The van der Waals surface area contributed by atoms with E-state index in [0.29, 0.717) is 11.3 Å². The second-order valence-electron chi connectivity index (χ2n) is 4.96. The van der Waals surface area contributed by atoms with Crippen molar-refractivity contribution < 1.29 is 9.53 Å². The Balaban J connectivity index is 1.94. The van der Waals surface area contributed by atoms with Crippen molar-refractivity contribution >= 4 is 11.9 Å². The maximum Gasteiger partial charge on any atom is 0.412 e. The molecule has 112 valence electrons. The number of amides is 1. The van der Waals surface area contributed by atoms with Crippen molar-refractivity contribution in [2.24, 2.45) is 16.2 Å². The van der Waals surface area contributed by atoms with Crippen molar-refractivity contribution in [2.75, 3.05) is 0 Å². The van der Waals surface area contributed by atoms with Crippen LogP contribution >= 0.6 is 0 Å². The third-order valence-corrected chi connectivity index (χ3v) is 3.40. The van der Waals surface area contributed by atoms with Crippen molar-refractivity contribution in [2.45, 2.75) is 38.1 Å². The minimum atomic E-state index is -0.467. The number of carbonyl (C=O) groups is 1. The van der Waals surface area contributed by atoms with E-state index in [2.05, 4.69) is 15.7 Å². The van der Waals surface area contributed by atoms with Crippen LogP contribution in [0.3, 0.4) is 0 Å². The van der Waals surface area contributed by atoms with E-state index in [9.17, 15) is 4.79 Å². The maximum absolute atomic E-state index is 11.8. The summed E-state index contributed by atoms with van der Waals surface area (Å²) in [5.41, 5.74) is 0.479.